The van der Waals surface area contributed by atoms with Crippen molar-refractivity contribution in [2.45, 2.75) is 10.8 Å². The van der Waals surface area contributed by atoms with Crippen molar-refractivity contribution in [3.63, 3.8) is 0 Å². The lowest BCUT2D eigenvalue weighted by Gasteiger charge is -2.03. The molecule has 0 aliphatic heterocycles. The first-order valence-electron chi connectivity index (χ1n) is 3.98. The van der Waals surface area contributed by atoms with Crippen LogP contribution in [0.1, 0.15) is 6.42 Å². The summed E-state index contributed by atoms with van der Waals surface area (Å²) in [7, 11) is 3.89. The number of anilines is 1. The summed E-state index contributed by atoms with van der Waals surface area (Å²) in [6.07, 6.45) is 0.807. The molecule has 1 rings (SSSR count). The Hall–Kier alpha value is -0.330. The van der Waals surface area contributed by atoms with Crippen LogP contribution in [0, 0.1) is 0 Å². The normalized spacial score (nSPS) is 10.4. The lowest BCUT2D eigenvalue weighted by atomic mass is 10.5. The maximum Gasteiger partial charge on any atom is 0.208 e. The van der Waals surface area contributed by atoms with Crippen molar-refractivity contribution < 1.29 is 5.11 Å². The first kappa shape index (κ1) is 10.7. The molecule has 0 amide bonds. The van der Waals surface area contributed by atoms with E-state index in [4.69, 9.17) is 5.11 Å². The highest BCUT2D eigenvalue weighted by Crippen LogP contribution is 2.26. The van der Waals surface area contributed by atoms with E-state index in [-0.39, 0.29) is 6.61 Å². The summed E-state index contributed by atoms with van der Waals surface area (Å²) in [5, 5.41) is 17.5. The molecule has 74 valence electrons. The average Bonchev–Trinajstić information content (AvgIpc) is 2.53. The Balaban J connectivity index is 2.40. The SMILES string of the molecule is CN(C)c1nnc(SCCCO)s1. The van der Waals surface area contributed by atoms with Gasteiger partial charge in [0, 0.05) is 26.5 Å². The summed E-state index contributed by atoms with van der Waals surface area (Å²) in [6, 6.07) is 0. The van der Waals surface area contributed by atoms with E-state index >= 15 is 0 Å². The van der Waals surface area contributed by atoms with Crippen LogP contribution in [0.15, 0.2) is 4.34 Å². The van der Waals surface area contributed by atoms with Gasteiger partial charge in [-0.1, -0.05) is 23.1 Å². The summed E-state index contributed by atoms with van der Waals surface area (Å²) in [4.78, 5) is 1.94. The molecule has 1 aromatic heterocycles. The third kappa shape index (κ3) is 3.50. The van der Waals surface area contributed by atoms with Crippen molar-refractivity contribution in [2.75, 3.05) is 31.4 Å². The van der Waals surface area contributed by atoms with Crippen molar-refractivity contribution in [1.82, 2.24) is 10.2 Å². The van der Waals surface area contributed by atoms with Crippen LogP contribution >= 0.6 is 23.1 Å². The second-order valence-electron chi connectivity index (χ2n) is 2.67. The molecule has 0 spiro atoms. The molecular formula is C7H13N3OS2. The van der Waals surface area contributed by atoms with Gasteiger partial charge < -0.3 is 10.0 Å². The number of thioether (sulfide) groups is 1. The molecule has 1 aromatic rings. The van der Waals surface area contributed by atoms with Crippen molar-refractivity contribution >= 4 is 28.2 Å². The van der Waals surface area contributed by atoms with Crippen LogP contribution in [0.3, 0.4) is 0 Å². The minimum Gasteiger partial charge on any atom is -0.396 e. The van der Waals surface area contributed by atoms with E-state index in [1.807, 2.05) is 19.0 Å². The van der Waals surface area contributed by atoms with Crippen LogP contribution in [0.25, 0.3) is 0 Å². The van der Waals surface area contributed by atoms with E-state index in [9.17, 15) is 0 Å². The van der Waals surface area contributed by atoms with E-state index in [1.54, 1.807) is 23.1 Å². The molecule has 0 radical (unpaired) electrons. The van der Waals surface area contributed by atoms with Gasteiger partial charge in [-0.25, -0.2) is 0 Å². The topological polar surface area (TPSA) is 49.2 Å². The van der Waals surface area contributed by atoms with E-state index < -0.39 is 0 Å². The highest BCUT2D eigenvalue weighted by atomic mass is 32.2. The Bertz CT molecular complexity index is 252. The third-order valence-electron chi connectivity index (χ3n) is 1.31. The van der Waals surface area contributed by atoms with E-state index in [0.29, 0.717) is 0 Å². The average molecular weight is 219 g/mol. The first-order chi connectivity index (χ1) is 6.24. The lowest BCUT2D eigenvalue weighted by molar-refractivity contribution is 0.296. The number of hydrogen-bond acceptors (Lipinski definition) is 6. The van der Waals surface area contributed by atoms with Crippen molar-refractivity contribution in [2.24, 2.45) is 0 Å². The first-order valence-corrected chi connectivity index (χ1v) is 5.78. The van der Waals surface area contributed by atoms with Crippen LogP contribution in [-0.4, -0.2) is 41.8 Å². The monoisotopic (exact) mass is 219 g/mol. The Labute approximate surface area is 86.0 Å². The second kappa shape index (κ2) is 5.41. The molecule has 6 heteroatoms. The van der Waals surface area contributed by atoms with Gasteiger partial charge in [-0.2, -0.15) is 0 Å². The number of aliphatic hydroxyl groups excluding tert-OH is 1. The minimum absolute atomic E-state index is 0.242. The molecule has 0 unspecified atom stereocenters. The Morgan fingerprint density at radius 2 is 2.23 bits per heavy atom. The fourth-order valence-corrected chi connectivity index (χ4v) is 2.42. The molecule has 4 nitrogen and oxygen atoms in total. The third-order valence-corrected chi connectivity index (χ3v) is 3.62. The van der Waals surface area contributed by atoms with E-state index in [2.05, 4.69) is 10.2 Å². The quantitative estimate of drug-likeness (QED) is 0.593. The molecule has 0 aliphatic rings. The molecule has 0 fully saturated rings. The van der Waals surface area contributed by atoms with Gasteiger partial charge in [0.2, 0.25) is 5.13 Å². The van der Waals surface area contributed by atoms with Crippen LogP contribution in [-0.2, 0) is 0 Å². The summed E-state index contributed by atoms with van der Waals surface area (Å²) in [5.41, 5.74) is 0. The molecule has 1 heterocycles. The van der Waals surface area contributed by atoms with Crippen molar-refractivity contribution in [3.05, 3.63) is 0 Å². The molecule has 0 bridgehead atoms. The van der Waals surface area contributed by atoms with Crippen molar-refractivity contribution in [1.29, 1.82) is 0 Å². The van der Waals surface area contributed by atoms with Gasteiger partial charge in [0.15, 0.2) is 4.34 Å². The fraction of sp³-hybridized carbons (Fsp3) is 0.714. The number of nitrogens with zero attached hydrogens (tertiary/aromatic N) is 3. The zero-order chi connectivity index (χ0) is 9.68. The van der Waals surface area contributed by atoms with Crippen LogP contribution in [0.5, 0.6) is 0 Å². The molecule has 13 heavy (non-hydrogen) atoms. The summed E-state index contributed by atoms with van der Waals surface area (Å²) >= 11 is 3.22. The van der Waals surface area contributed by atoms with E-state index in [1.165, 1.54) is 0 Å². The smallest absolute Gasteiger partial charge is 0.208 e. The summed E-state index contributed by atoms with van der Waals surface area (Å²) in [6.45, 7) is 0.242. The fourth-order valence-electron chi connectivity index (χ4n) is 0.666. The molecule has 0 saturated heterocycles. The molecule has 0 aliphatic carbocycles. The van der Waals surface area contributed by atoms with Gasteiger partial charge in [0.05, 0.1) is 0 Å². The largest absolute Gasteiger partial charge is 0.396 e. The Morgan fingerprint density at radius 1 is 1.46 bits per heavy atom. The minimum atomic E-state index is 0.242. The van der Waals surface area contributed by atoms with Gasteiger partial charge in [0.25, 0.3) is 0 Å². The Kier molecular flexibility index (Phi) is 4.47. The predicted octanol–water partition coefficient (Wildman–Crippen LogP) is 1.08. The second-order valence-corrected chi connectivity index (χ2v) is 4.97. The summed E-state index contributed by atoms with van der Waals surface area (Å²) < 4.78 is 0.970. The maximum atomic E-state index is 8.58. The van der Waals surface area contributed by atoms with Gasteiger partial charge in [-0.05, 0) is 6.42 Å². The van der Waals surface area contributed by atoms with Crippen LogP contribution in [0.2, 0.25) is 0 Å². The molecule has 0 atom stereocenters. The zero-order valence-corrected chi connectivity index (χ0v) is 9.36. The van der Waals surface area contributed by atoms with Gasteiger partial charge in [0.1, 0.15) is 0 Å². The van der Waals surface area contributed by atoms with E-state index in [0.717, 1.165) is 21.6 Å². The van der Waals surface area contributed by atoms with Gasteiger partial charge in [-0.3, -0.25) is 0 Å². The Morgan fingerprint density at radius 3 is 2.77 bits per heavy atom. The molecule has 0 saturated carbocycles. The molecule has 0 aromatic carbocycles. The molecule has 1 N–H and O–H groups in total. The molecular weight excluding hydrogens is 206 g/mol. The summed E-state index contributed by atoms with van der Waals surface area (Å²) in [5.74, 6) is 0.901. The van der Waals surface area contributed by atoms with Crippen LogP contribution < -0.4 is 4.90 Å². The standard InChI is InChI=1S/C7H13N3OS2/c1-10(2)6-8-9-7(13-6)12-5-3-4-11/h11H,3-5H2,1-2H3. The van der Waals surface area contributed by atoms with Crippen molar-refractivity contribution in [3.8, 4) is 0 Å². The zero-order valence-electron chi connectivity index (χ0n) is 7.73. The highest BCUT2D eigenvalue weighted by molar-refractivity contribution is 8.01. The van der Waals surface area contributed by atoms with Gasteiger partial charge >= 0.3 is 0 Å². The predicted molar refractivity (Wildman–Crippen MR) is 56.7 cm³/mol. The number of aromatic nitrogens is 2. The van der Waals surface area contributed by atoms with Crippen LogP contribution in [0.4, 0.5) is 5.13 Å². The maximum absolute atomic E-state index is 8.58. The number of hydrogen-bond donors (Lipinski definition) is 1. The highest BCUT2D eigenvalue weighted by Gasteiger charge is 2.05. The lowest BCUT2D eigenvalue weighted by Crippen LogP contribution is -2.07. The number of rotatable bonds is 5. The number of aliphatic hydroxyl groups is 1. The van der Waals surface area contributed by atoms with Gasteiger partial charge in [-0.15, -0.1) is 10.2 Å².